The van der Waals surface area contributed by atoms with E-state index in [1.165, 1.54) is 5.56 Å². The molecule has 2 aromatic rings. The summed E-state index contributed by atoms with van der Waals surface area (Å²) in [6.45, 7) is 1.52. The van der Waals surface area contributed by atoms with Crippen molar-refractivity contribution >= 4 is 17.6 Å². The Hall–Kier alpha value is -2.20. The van der Waals surface area contributed by atoms with Crippen LogP contribution in [0.3, 0.4) is 0 Å². The van der Waals surface area contributed by atoms with Gasteiger partial charge < -0.3 is 15.4 Å². The molecule has 0 bridgehead atoms. The smallest absolute Gasteiger partial charge is 0.314 e. The van der Waals surface area contributed by atoms with Crippen molar-refractivity contribution in [2.75, 3.05) is 19.7 Å². The second kappa shape index (κ2) is 9.74. The van der Waals surface area contributed by atoms with Crippen LogP contribution in [-0.4, -0.2) is 25.7 Å². The molecule has 2 N–H and O–H groups in total. The Morgan fingerprint density at radius 3 is 2.39 bits per heavy atom. The first kappa shape index (κ1) is 17.2. The molecule has 0 saturated carbocycles. The van der Waals surface area contributed by atoms with E-state index in [4.69, 9.17) is 16.3 Å². The summed E-state index contributed by atoms with van der Waals surface area (Å²) in [5, 5.41) is 6.27. The predicted octanol–water partition coefficient (Wildman–Crippen LogP) is 3.65. The summed E-state index contributed by atoms with van der Waals surface area (Å²) in [6, 6.07) is 17.2. The molecule has 23 heavy (non-hydrogen) atoms. The van der Waals surface area contributed by atoms with Crippen molar-refractivity contribution < 1.29 is 9.53 Å². The summed E-state index contributed by atoms with van der Waals surface area (Å²) < 4.78 is 5.49. The highest BCUT2D eigenvalue weighted by Gasteiger charge is 2.00. The number of halogens is 1. The van der Waals surface area contributed by atoms with Crippen molar-refractivity contribution in [1.29, 1.82) is 0 Å². The van der Waals surface area contributed by atoms with E-state index in [1.54, 1.807) is 24.3 Å². The van der Waals surface area contributed by atoms with Crippen molar-refractivity contribution in [2.45, 2.75) is 12.8 Å². The summed E-state index contributed by atoms with van der Waals surface area (Å²) in [5.41, 5.74) is 1.28. The molecule has 0 saturated heterocycles. The molecule has 5 heteroatoms. The number of ether oxygens (including phenoxy) is 1. The van der Waals surface area contributed by atoms with Gasteiger partial charge in [-0.05, 0) is 42.7 Å². The van der Waals surface area contributed by atoms with Gasteiger partial charge in [0.25, 0.3) is 0 Å². The quantitative estimate of drug-likeness (QED) is 0.725. The van der Waals surface area contributed by atoms with Gasteiger partial charge >= 0.3 is 6.03 Å². The number of hydrogen-bond donors (Lipinski definition) is 2. The lowest BCUT2D eigenvalue weighted by Crippen LogP contribution is -2.38. The maximum absolute atomic E-state index is 11.6. The summed E-state index contributed by atoms with van der Waals surface area (Å²) in [7, 11) is 0. The molecule has 0 heterocycles. The number of nitrogens with one attached hydrogen (secondary N) is 2. The Bertz CT molecular complexity index is 588. The molecular formula is C18H21ClN2O2. The molecule has 0 radical (unpaired) electrons. The Morgan fingerprint density at radius 2 is 1.65 bits per heavy atom. The highest BCUT2D eigenvalue weighted by molar-refractivity contribution is 6.30. The first-order valence-corrected chi connectivity index (χ1v) is 8.06. The van der Waals surface area contributed by atoms with Crippen LogP contribution in [0.4, 0.5) is 4.79 Å². The van der Waals surface area contributed by atoms with Crippen molar-refractivity contribution in [2.24, 2.45) is 0 Å². The van der Waals surface area contributed by atoms with Crippen molar-refractivity contribution in [1.82, 2.24) is 10.6 Å². The number of aryl methyl sites for hydroxylation is 1. The lowest BCUT2D eigenvalue weighted by Gasteiger charge is -2.09. The molecule has 0 unspecified atom stereocenters. The zero-order chi connectivity index (χ0) is 16.3. The lowest BCUT2D eigenvalue weighted by atomic mass is 10.1. The molecule has 2 amide bonds. The van der Waals surface area contributed by atoms with Gasteiger partial charge in [-0.2, -0.15) is 0 Å². The fourth-order valence-corrected chi connectivity index (χ4v) is 2.19. The van der Waals surface area contributed by atoms with Crippen LogP contribution in [0.5, 0.6) is 5.75 Å². The van der Waals surface area contributed by atoms with E-state index in [1.807, 2.05) is 18.2 Å². The predicted molar refractivity (Wildman–Crippen MR) is 93.1 cm³/mol. The summed E-state index contributed by atoms with van der Waals surface area (Å²) in [5.74, 6) is 0.736. The Labute approximate surface area is 141 Å². The Morgan fingerprint density at radius 1 is 0.957 bits per heavy atom. The normalized spacial score (nSPS) is 10.1. The maximum atomic E-state index is 11.6. The molecule has 4 nitrogen and oxygen atoms in total. The minimum Gasteiger partial charge on any atom is -0.492 e. The van der Waals surface area contributed by atoms with Crippen LogP contribution < -0.4 is 15.4 Å². The zero-order valence-corrected chi connectivity index (χ0v) is 13.7. The summed E-state index contributed by atoms with van der Waals surface area (Å²) in [6.07, 6.45) is 1.87. The van der Waals surface area contributed by atoms with Crippen LogP contribution in [-0.2, 0) is 6.42 Å². The monoisotopic (exact) mass is 332 g/mol. The second-order valence-corrected chi connectivity index (χ2v) is 5.51. The third-order valence-electron chi connectivity index (χ3n) is 3.24. The van der Waals surface area contributed by atoms with E-state index >= 15 is 0 Å². The zero-order valence-electron chi connectivity index (χ0n) is 12.9. The van der Waals surface area contributed by atoms with Crippen LogP contribution >= 0.6 is 11.6 Å². The van der Waals surface area contributed by atoms with E-state index in [0.29, 0.717) is 24.7 Å². The Balaban J connectivity index is 1.51. The van der Waals surface area contributed by atoms with Gasteiger partial charge in [0, 0.05) is 11.6 Å². The molecule has 0 aromatic heterocycles. The van der Waals surface area contributed by atoms with E-state index in [0.717, 1.165) is 18.6 Å². The highest BCUT2D eigenvalue weighted by Crippen LogP contribution is 2.15. The number of carbonyl (C=O) groups is 1. The number of benzene rings is 2. The van der Waals surface area contributed by atoms with E-state index in [2.05, 4.69) is 22.8 Å². The number of hydrogen-bond acceptors (Lipinski definition) is 2. The third-order valence-corrected chi connectivity index (χ3v) is 3.49. The summed E-state index contributed by atoms with van der Waals surface area (Å²) >= 11 is 5.79. The average molecular weight is 333 g/mol. The SMILES string of the molecule is O=C(NCCCc1ccccc1)NCCOc1ccc(Cl)cc1. The van der Waals surface area contributed by atoms with Crippen molar-refractivity contribution in [3.8, 4) is 5.75 Å². The van der Waals surface area contributed by atoms with Gasteiger partial charge in [-0.25, -0.2) is 4.79 Å². The number of urea groups is 1. The van der Waals surface area contributed by atoms with Crippen molar-refractivity contribution in [3.63, 3.8) is 0 Å². The largest absolute Gasteiger partial charge is 0.492 e. The molecule has 0 aliphatic heterocycles. The first-order valence-electron chi connectivity index (χ1n) is 7.68. The van der Waals surface area contributed by atoms with E-state index < -0.39 is 0 Å². The van der Waals surface area contributed by atoms with Crippen LogP contribution in [0.15, 0.2) is 54.6 Å². The molecule has 2 aromatic carbocycles. The fraction of sp³-hybridized carbons (Fsp3) is 0.278. The first-order chi connectivity index (χ1) is 11.2. The molecule has 2 rings (SSSR count). The molecule has 0 aliphatic carbocycles. The third kappa shape index (κ3) is 7.06. The molecule has 0 spiro atoms. The van der Waals surface area contributed by atoms with Crippen LogP contribution in [0.2, 0.25) is 5.02 Å². The maximum Gasteiger partial charge on any atom is 0.314 e. The van der Waals surface area contributed by atoms with Gasteiger partial charge in [-0.15, -0.1) is 0 Å². The minimum absolute atomic E-state index is 0.169. The van der Waals surface area contributed by atoms with Gasteiger partial charge in [0.2, 0.25) is 0 Å². The molecule has 0 atom stereocenters. The van der Waals surface area contributed by atoms with Gasteiger partial charge in [-0.3, -0.25) is 0 Å². The number of rotatable bonds is 8. The Kier molecular flexibility index (Phi) is 7.27. The number of carbonyl (C=O) groups excluding carboxylic acids is 1. The van der Waals surface area contributed by atoms with Gasteiger partial charge in [-0.1, -0.05) is 41.9 Å². The van der Waals surface area contributed by atoms with Crippen LogP contribution in [0, 0.1) is 0 Å². The molecule has 0 aliphatic rings. The van der Waals surface area contributed by atoms with Gasteiger partial charge in [0.05, 0.1) is 6.54 Å². The molecule has 122 valence electrons. The van der Waals surface area contributed by atoms with Crippen molar-refractivity contribution in [3.05, 3.63) is 65.2 Å². The minimum atomic E-state index is -0.169. The summed E-state index contributed by atoms with van der Waals surface area (Å²) in [4.78, 5) is 11.6. The van der Waals surface area contributed by atoms with Gasteiger partial charge in [0.15, 0.2) is 0 Å². The topological polar surface area (TPSA) is 50.4 Å². The van der Waals surface area contributed by atoms with Crippen LogP contribution in [0.1, 0.15) is 12.0 Å². The van der Waals surface area contributed by atoms with E-state index in [9.17, 15) is 4.79 Å². The standard InChI is InChI=1S/C18H21ClN2O2/c19-16-8-10-17(11-9-16)23-14-13-21-18(22)20-12-4-7-15-5-2-1-3-6-15/h1-3,5-6,8-11H,4,7,12-14H2,(H2,20,21,22). The molecular weight excluding hydrogens is 312 g/mol. The second-order valence-electron chi connectivity index (χ2n) is 5.07. The fourth-order valence-electron chi connectivity index (χ4n) is 2.07. The van der Waals surface area contributed by atoms with Crippen LogP contribution in [0.25, 0.3) is 0 Å². The number of amides is 2. The highest BCUT2D eigenvalue weighted by atomic mass is 35.5. The lowest BCUT2D eigenvalue weighted by molar-refractivity contribution is 0.236. The molecule has 0 fully saturated rings. The average Bonchev–Trinajstić information content (AvgIpc) is 2.58. The van der Waals surface area contributed by atoms with Gasteiger partial charge in [0.1, 0.15) is 12.4 Å². The van der Waals surface area contributed by atoms with E-state index in [-0.39, 0.29) is 6.03 Å².